The van der Waals surface area contributed by atoms with Crippen molar-refractivity contribution in [1.29, 1.82) is 0 Å². The number of aliphatic hydroxyl groups is 1. The van der Waals surface area contributed by atoms with Crippen LogP contribution in [0.5, 0.6) is 0 Å². The second-order valence-corrected chi connectivity index (χ2v) is 4.57. The minimum absolute atomic E-state index is 0.145. The van der Waals surface area contributed by atoms with Crippen molar-refractivity contribution in [3.8, 4) is 11.3 Å². The van der Waals surface area contributed by atoms with E-state index in [1.165, 1.54) is 12.1 Å². The molecule has 5 heteroatoms. The topological polar surface area (TPSA) is 58.0 Å². The predicted molar refractivity (Wildman–Crippen MR) is 76.8 cm³/mol. The molecule has 0 bridgehead atoms. The molecule has 106 valence electrons. The van der Waals surface area contributed by atoms with E-state index in [1.807, 2.05) is 19.1 Å². The maximum atomic E-state index is 12.9. The Kier molecular flexibility index (Phi) is 5.01. The van der Waals surface area contributed by atoms with Crippen molar-refractivity contribution in [2.45, 2.75) is 25.8 Å². The van der Waals surface area contributed by atoms with Crippen molar-refractivity contribution < 1.29 is 9.50 Å². The third-order valence-electron chi connectivity index (χ3n) is 3.13. The van der Waals surface area contributed by atoms with Gasteiger partial charge >= 0.3 is 0 Å². The molecular weight excluding hydrogens is 257 g/mol. The first kappa shape index (κ1) is 14.4. The van der Waals surface area contributed by atoms with Crippen molar-refractivity contribution in [1.82, 2.24) is 10.2 Å². The van der Waals surface area contributed by atoms with Crippen LogP contribution in [0.1, 0.15) is 19.8 Å². The molecule has 1 atom stereocenters. The summed E-state index contributed by atoms with van der Waals surface area (Å²) in [7, 11) is 0. The van der Waals surface area contributed by atoms with E-state index in [2.05, 4.69) is 15.5 Å². The quantitative estimate of drug-likeness (QED) is 0.851. The first-order chi connectivity index (χ1) is 9.72. The van der Waals surface area contributed by atoms with E-state index >= 15 is 0 Å². The molecule has 1 aromatic carbocycles. The van der Waals surface area contributed by atoms with Crippen LogP contribution >= 0.6 is 0 Å². The Morgan fingerprint density at radius 2 is 1.90 bits per heavy atom. The Bertz CT molecular complexity index is 528. The fourth-order valence-corrected chi connectivity index (χ4v) is 1.93. The van der Waals surface area contributed by atoms with Crippen LogP contribution in [0, 0.1) is 5.82 Å². The van der Waals surface area contributed by atoms with Gasteiger partial charge in [-0.15, -0.1) is 10.2 Å². The maximum Gasteiger partial charge on any atom is 0.148 e. The van der Waals surface area contributed by atoms with Crippen molar-refractivity contribution in [2.75, 3.05) is 11.9 Å². The molecule has 0 spiro atoms. The van der Waals surface area contributed by atoms with Gasteiger partial charge < -0.3 is 10.4 Å². The molecule has 0 aliphatic rings. The highest BCUT2D eigenvalue weighted by Crippen LogP contribution is 2.18. The number of hydrogen-bond acceptors (Lipinski definition) is 4. The van der Waals surface area contributed by atoms with E-state index < -0.39 is 0 Å². The predicted octanol–water partition coefficient (Wildman–Crippen LogP) is 2.86. The Morgan fingerprint density at radius 3 is 2.45 bits per heavy atom. The monoisotopic (exact) mass is 275 g/mol. The zero-order valence-corrected chi connectivity index (χ0v) is 11.4. The molecule has 2 aromatic rings. The number of aromatic nitrogens is 2. The van der Waals surface area contributed by atoms with E-state index in [0.29, 0.717) is 17.9 Å². The normalized spacial score (nSPS) is 12.2. The molecule has 0 fully saturated rings. The van der Waals surface area contributed by atoms with Crippen molar-refractivity contribution in [3.63, 3.8) is 0 Å². The molecular formula is C15H18FN3O. The number of benzene rings is 1. The summed E-state index contributed by atoms with van der Waals surface area (Å²) in [6.07, 6.45) is 1.58. The summed E-state index contributed by atoms with van der Waals surface area (Å²) in [5.41, 5.74) is 1.53. The summed E-state index contributed by atoms with van der Waals surface area (Å²) in [5.74, 6) is 0.408. The second-order valence-electron chi connectivity index (χ2n) is 4.57. The van der Waals surface area contributed by atoms with Crippen LogP contribution in [0.2, 0.25) is 0 Å². The Morgan fingerprint density at radius 1 is 1.15 bits per heavy atom. The van der Waals surface area contributed by atoms with Gasteiger partial charge in [0.05, 0.1) is 5.69 Å². The van der Waals surface area contributed by atoms with Crippen molar-refractivity contribution in [3.05, 3.63) is 42.2 Å². The number of nitrogens with one attached hydrogen (secondary N) is 1. The van der Waals surface area contributed by atoms with E-state index in [9.17, 15) is 4.39 Å². The van der Waals surface area contributed by atoms with Gasteiger partial charge in [-0.3, -0.25) is 0 Å². The molecule has 1 aromatic heterocycles. The van der Waals surface area contributed by atoms with Crippen LogP contribution in [0.4, 0.5) is 10.2 Å². The summed E-state index contributed by atoms with van der Waals surface area (Å²) in [6, 6.07) is 10.0. The van der Waals surface area contributed by atoms with Gasteiger partial charge in [0.25, 0.3) is 0 Å². The van der Waals surface area contributed by atoms with Gasteiger partial charge in [-0.05, 0) is 49.2 Å². The average Bonchev–Trinajstić information content (AvgIpc) is 2.48. The third-order valence-corrected chi connectivity index (χ3v) is 3.13. The lowest BCUT2D eigenvalue weighted by Gasteiger charge is -2.15. The van der Waals surface area contributed by atoms with Crippen molar-refractivity contribution >= 4 is 5.82 Å². The van der Waals surface area contributed by atoms with Gasteiger partial charge in [0.1, 0.15) is 11.6 Å². The van der Waals surface area contributed by atoms with Crippen LogP contribution < -0.4 is 5.32 Å². The van der Waals surface area contributed by atoms with E-state index in [-0.39, 0.29) is 18.5 Å². The van der Waals surface area contributed by atoms with Gasteiger partial charge in [-0.2, -0.15) is 0 Å². The van der Waals surface area contributed by atoms with Crippen molar-refractivity contribution in [2.24, 2.45) is 0 Å². The molecule has 0 saturated carbocycles. The zero-order valence-electron chi connectivity index (χ0n) is 11.4. The van der Waals surface area contributed by atoms with Gasteiger partial charge in [-0.1, -0.05) is 6.92 Å². The number of aliphatic hydroxyl groups excluding tert-OH is 1. The highest BCUT2D eigenvalue weighted by molar-refractivity contribution is 5.59. The molecule has 20 heavy (non-hydrogen) atoms. The molecule has 1 heterocycles. The minimum atomic E-state index is -0.269. The third kappa shape index (κ3) is 3.74. The van der Waals surface area contributed by atoms with Gasteiger partial charge in [-0.25, -0.2) is 4.39 Å². The smallest absolute Gasteiger partial charge is 0.148 e. The lowest BCUT2D eigenvalue weighted by molar-refractivity contribution is 0.278. The Hall–Kier alpha value is -2.01. The summed E-state index contributed by atoms with van der Waals surface area (Å²) < 4.78 is 12.9. The maximum absolute atomic E-state index is 12.9. The molecule has 0 aliphatic heterocycles. The number of halogens is 1. The van der Waals surface area contributed by atoms with Gasteiger partial charge in [0.15, 0.2) is 0 Å². The highest BCUT2D eigenvalue weighted by atomic mass is 19.1. The number of nitrogens with zero attached hydrogens (tertiary/aromatic N) is 2. The van der Waals surface area contributed by atoms with Crippen LogP contribution in [0.3, 0.4) is 0 Å². The molecule has 4 nitrogen and oxygen atoms in total. The SMILES string of the molecule is CCC(CCO)Nc1ccc(-c2ccc(F)cc2)nn1. The summed E-state index contributed by atoms with van der Waals surface area (Å²) >= 11 is 0. The van der Waals surface area contributed by atoms with Gasteiger partial charge in [0.2, 0.25) is 0 Å². The Balaban J connectivity index is 2.07. The zero-order chi connectivity index (χ0) is 14.4. The molecule has 1 unspecified atom stereocenters. The largest absolute Gasteiger partial charge is 0.396 e. The molecule has 0 saturated heterocycles. The lowest BCUT2D eigenvalue weighted by Crippen LogP contribution is -2.20. The van der Waals surface area contributed by atoms with Crippen LogP contribution in [-0.2, 0) is 0 Å². The fourth-order valence-electron chi connectivity index (χ4n) is 1.93. The van der Waals surface area contributed by atoms with Gasteiger partial charge in [0, 0.05) is 18.2 Å². The van der Waals surface area contributed by atoms with Crippen LogP contribution in [0.15, 0.2) is 36.4 Å². The molecule has 2 rings (SSSR count). The summed E-state index contributed by atoms with van der Waals surface area (Å²) in [4.78, 5) is 0. The first-order valence-electron chi connectivity index (χ1n) is 6.70. The molecule has 0 aliphatic carbocycles. The summed E-state index contributed by atoms with van der Waals surface area (Å²) in [6.45, 7) is 2.19. The number of anilines is 1. The molecule has 0 radical (unpaired) electrons. The average molecular weight is 275 g/mol. The second kappa shape index (κ2) is 6.96. The van der Waals surface area contributed by atoms with E-state index in [0.717, 1.165) is 12.0 Å². The number of hydrogen-bond donors (Lipinski definition) is 2. The number of rotatable bonds is 6. The standard InChI is InChI=1S/C15H18FN3O/c1-2-13(9-10-20)17-15-8-7-14(18-19-15)11-3-5-12(16)6-4-11/h3-8,13,20H,2,9-10H2,1H3,(H,17,19). The Labute approximate surface area is 117 Å². The fraction of sp³-hybridized carbons (Fsp3) is 0.333. The molecule has 2 N–H and O–H groups in total. The summed E-state index contributed by atoms with van der Waals surface area (Å²) in [5, 5.41) is 20.4. The first-order valence-corrected chi connectivity index (χ1v) is 6.70. The van der Waals surface area contributed by atoms with E-state index in [1.54, 1.807) is 12.1 Å². The molecule has 0 amide bonds. The van der Waals surface area contributed by atoms with E-state index in [4.69, 9.17) is 5.11 Å². The van der Waals surface area contributed by atoms with Crippen LogP contribution in [0.25, 0.3) is 11.3 Å². The highest BCUT2D eigenvalue weighted by Gasteiger charge is 2.07. The minimum Gasteiger partial charge on any atom is -0.396 e. The lowest BCUT2D eigenvalue weighted by atomic mass is 10.1. The van der Waals surface area contributed by atoms with Crippen LogP contribution in [-0.4, -0.2) is 28.0 Å².